The third-order valence-electron chi connectivity index (χ3n) is 3.64. The molecule has 0 fully saturated rings. The number of carbonyl (C=O) groups excluding carboxylic acids is 3. The normalized spacial score (nSPS) is 13.2. The second-order valence-electron chi connectivity index (χ2n) is 5.32. The number of hydrogen-bond acceptors (Lipinski definition) is 7. The first-order chi connectivity index (χ1) is 12.5. The second kappa shape index (κ2) is 6.71. The second-order valence-corrected chi connectivity index (χ2v) is 8.17. The van der Waals surface area contributed by atoms with Gasteiger partial charge in [0.2, 0.25) is 11.0 Å². The molecule has 1 N–H and O–H groups in total. The Morgan fingerprint density at radius 1 is 1.15 bits per heavy atom. The SMILES string of the molecule is O=C(CN1C(=O)c2ccc(Br)cc2C1=O)Nc1nnc(-c2cccs2)s1. The Morgan fingerprint density at radius 3 is 2.73 bits per heavy atom. The van der Waals surface area contributed by atoms with Crippen molar-refractivity contribution < 1.29 is 14.4 Å². The van der Waals surface area contributed by atoms with Gasteiger partial charge < -0.3 is 0 Å². The number of imide groups is 1. The van der Waals surface area contributed by atoms with Crippen LogP contribution in [0.25, 0.3) is 9.88 Å². The number of halogens is 1. The van der Waals surface area contributed by atoms with Crippen molar-refractivity contribution in [2.75, 3.05) is 11.9 Å². The summed E-state index contributed by atoms with van der Waals surface area (Å²) in [5, 5.41) is 13.5. The number of aromatic nitrogens is 2. The van der Waals surface area contributed by atoms with E-state index in [0.29, 0.717) is 20.2 Å². The fraction of sp³-hybridized carbons (Fsp3) is 0.0625. The van der Waals surface area contributed by atoms with E-state index in [1.165, 1.54) is 22.7 Å². The standard InChI is InChI=1S/C16H9BrN4O3S2/c17-8-3-4-9-10(6-8)15(24)21(14(9)23)7-12(22)18-16-20-19-13(26-16)11-2-1-5-25-11/h1-6H,7H2,(H,18,20,22). The fourth-order valence-corrected chi connectivity index (χ4v) is 4.40. The average molecular weight is 449 g/mol. The quantitative estimate of drug-likeness (QED) is 0.618. The van der Waals surface area contributed by atoms with Crippen molar-refractivity contribution in [2.45, 2.75) is 0 Å². The van der Waals surface area contributed by atoms with Crippen LogP contribution >= 0.6 is 38.6 Å². The first-order valence-corrected chi connectivity index (χ1v) is 9.85. The van der Waals surface area contributed by atoms with E-state index in [1.807, 2.05) is 17.5 Å². The van der Waals surface area contributed by atoms with E-state index in [9.17, 15) is 14.4 Å². The number of thiophene rings is 1. The van der Waals surface area contributed by atoms with Crippen molar-refractivity contribution in [3.63, 3.8) is 0 Å². The van der Waals surface area contributed by atoms with Gasteiger partial charge in [-0.3, -0.25) is 24.6 Å². The molecule has 0 radical (unpaired) electrons. The van der Waals surface area contributed by atoms with Crippen molar-refractivity contribution in [3.05, 3.63) is 51.3 Å². The summed E-state index contributed by atoms with van der Waals surface area (Å²) in [6, 6.07) is 8.63. The molecule has 0 saturated carbocycles. The van der Waals surface area contributed by atoms with Crippen LogP contribution in [0.5, 0.6) is 0 Å². The molecule has 3 amide bonds. The van der Waals surface area contributed by atoms with Crippen LogP contribution < -0.4 is 5.32 Å². The number of benzene rings is 1. The van der Waals surface area contributed by atoms with Crippen molar-refractivity contribution >= 4 is 61.5 Å². The van der Waals surface area contributed by atoms with Gasteiger partial charge in [-0.05, 0) is 29.6 Å². The van der Waals surface area contributed by atoms with Gasteiger partial charge in [-0.1, -0.05) is 33.3 Å². The summed E-state index contributed by atoms with van der Waals surface area (Å²) in [5.74, 6) is -1.48. The third-order valence-corrected chi connectivity index (χ3v) is 6.01. The molecule has 0 atom stereocenters. The Kier molecular flexibility index (Phi) is 4.39. The minimum absolute atomic E-state index is 0.285. The maximum atomic E-state index is 12.4. The molecule has 1 aliphatic rings. The Labute approximate surface area is 163 Å². The molecule has 0 unspecified atom stereocenters. The lowest BCUT2D eigenvalue weighted by Gasteiger charge is -2.12. The molecule has 7 nitrogen and oxygen atoms in total. The van der Waals surface area contributed by atoms with Crippen LogP contribution in [0, 0.1) is 0 Å². The highest BCUT2D eigenvalue weighted by atomic mass is 79.9. The minimum atomic E-state index is -0.507. The number of fused-ring (bicyclic) bond motifs is 1. The van der Waals surface area contributed by atoms with Crippen LogP contribution in [0.3, 0.4) is 0 Å². The van der Waals surface area contributed by atoms with Crippen LogP contribution in [0.15, 0.2) is 40.2 Å². The maximum absolute atomic E-state index is 12.4. The largest absolute Gasteiger partial charge is 0.299 e. The lowest BCUT2D eigenvalue weighted by molar-refractivity contribution is -0.116. The van der Waals surface area contributed by atoms with E-state index in [-0.39, 0.29) is 12.1 Å². The number of amides is 3. The third kappa shape index (κ3) is 3.06. The van der Waals surface area contributed by atoms with Crippen molar-refractivity contribution in [3.8, 4) is 9.88 Å². The molecule has 130 valence electrons. The summed E-state index contributed by atoms with van der Waals surface area (Å²) in [7, 11) is 0. The van der Waals surface area contributed by atoms with Gasteiger partial charge in [-0.25, -0.2) is 0 Å². The Bertz CT molecular complexity index is 1030. The van der Waals surface area contributed by atoms with Crippen LogP contribution in [-0.4, -0.2) is 39.4 Å². The molecule has 10 heteroatoms. The molecule has 4 rings (SSSR count). The molecule has 1 aliphatic heterocycles. The number of hydrogen-bond donors (Lipinski definition) is 1. The van der Waals surface area contributed by atoms with Gasteiger partial charge in [-0.15, -0.1) is 21.5 Å². The van der Waals surface area contributed by atoms with Crippen molar-refractivity contribution in [2.24, 2.45) is 0 Å². The van der Waals surface area contributed by atoms with E-state index in [1.54, 1.807) is 18.2 Å². The summed E-state index contributed by atoms with van der Waals surface area (Å²) in [6.07, 6.45) is 0. The molecular weight excluding hydrogens is 440 g/mol. The summed E-state index contributed by atoms with van der Waals surface area (Å²) in [4.78, 5) is 38.9. The molecule has 2 aromatic heterocycles. The molecule has 1 aromatic carbocycles. The van der Waals surface area contributed by atoms with Gasteiger partial charge in [0.25, 0.3) is 11.8 Å². The zero-order valence-corrected chi connectivity index (χ0v) is 16.2. The summed E-state index contributed by atoms with van der Waals surface area (Å²) in [5.41, 5.74) is 0.579. The Balaban J connectivity index is 1.46. The molecule has 3 aromatic rings. The Morgan fingerprint density at radius 2 is 1.96 bits per heavy atom. The first-order valence-electron chi connectivity index (χ1n) is 7.36. The summed E-state index contributed by atoms with van der Waals surface area (Å²) in [6.45, 7) is -0.377. The summed E-state index contributed by atoms with van der Waals surface area (Å²) >= 11 is 6.02. The van der Waals surface area contributed by atoms with E-state index >= 15 is 0 Å². The number of anilines is 1. The highest BCUT2D eigenvalue weighted by Crippen LogP contribution is 2.30. The predicted molar refractivity (Wildman–Crippen MR) is 101 cm³/mol. The molecule has 0 aliphatic carbocycles. The fourth-order valence-electron chi connectivity index (χ4n) is 2.48. The van der Waals surface area contributed by atoms with E-state index < -0.39 is 17.7 Å². The topological polar surface area (TPSA) is 92.3 Å². The van der Waals surface area contributed by atoms with Crippen LogP contribution in [0.4, 0.5) is 5.13 Å². The Hall–Kier alpha value is -2.43. The monoisotopic (exact) mass is 448 g/mol. The predicted octanol–water partition coefficient (Wildman–Crippen LogP) is 3.26. The van der Waals surface area contributed by atoms with Crippen molar-refractivity contribution in [1.29, 1.82) is 0 Å². The van der Waals surface area contributed by atoms with Crippen LogP contribution in [-0.2, 0) is 4.79 Å². The van der Waals surface area contributed by atoms with Gasteiger partial charge in [-0.2, -0.15) is 0 Å². The van der Waals surface area contributed by atoms with E-state index in [2.05, 4.69) is 31.4 Å². The molecule has 0 spiro atoms. The van der Waals surface area contributed by atoms with Crippen molar-refractivity contribution in [1.82, 2.24) is 15.1 Å². The highest BCUT2D eigenvalue weighted by molar-refractivity contribution is 9.10. The van der Waals surface area contributed by atoms with Gasteiger partial charge >= 0.3 is 0 Å². The van der Waals surface area contributed by atoms with Gasteiger partial charge in [0.05, 0.1) is 16.0 Å². The number of carbonyl (C=O) groups is 3. The summed E-state index contributed by atoms with van der Waals surface area (Å²) < 4.78 is 0.693. The molecule has 0 bridgehead atoms. The first kappa shape index (κ1) is 17.0. The highest BCUT2D eigenvalue weighted by Gasteiger charge is 2.36. The van der Waals surface area contributed by atoms with E-state index in [0.717, 1.165) is 9.78 Å². The number of nitrogens with zero attached hydrogens (tertiary/aromatic N) is 3. The molecule has 3 heterocycles. The number of rotatable bonds is 4. The maximum Gasteiger partial charge on any atom is 0.262 e. The number of nitrogens with one attached hydrogen (secondary N) is 1. The van der Waals surface area contributed by atoms with Gasteiger partial charge in [0.1, 0.15) is 6.54 Å². The lowest BCUT2D eigenvalue weighted by atomic mass is 10.1. The smallest absolute Gasteiger partial charge is 0.262 e. The van der Waals surface area contributed by atoms with Gasteiger partial charge in [0, 0.05) is 4.47 Å². The zero-order chi connectivity index (χ0) is 18.3. The molecule has 26 heavy (non-hydrogen) atoms. The molecule has 0 saturated heterocycles. The van der Waals surface area contributed by atoms with Crippen LogP contribution in [0.2, 0.25) is 0 Å². The van der Waals surface area contributed by atoms with Gasteiger partial charge in [0.15, 0.2) is 5.01 Å². The zero-order valence-electron chi connectivity index (χ0n) is 12.9. The average Bonchev–Trinajstić information content (AvgIpc) is 3.33. The molecular formula is C16H9BrN4O3S2. The minimum Gasteiger partial charge on any atom is -0.299 e. The van der Waals surface area contributed by atoms with E-state index in [4.69, 9.17) is 0 Å². The lowest BCUT2D eigenvalue weighted by Crippen LogP contribution is -2.37. The van der Waals surface area contributed by atoms with Crippen LogP contribution in [0.1, 0.15) is 20.7 Å².